The number of aryl methyl sites for hydroxylation is 1. The van der Waals surface area contributed by atoms with Gasteiger partial charge in [-0.3, -0.25) is 0 Å². The van der Waals surface area contributed by atoms with E-state index in [1.807, 2.05) is 54.6 Å². The van der Waals surface area contributed by atoms with Crippen LogP contribution >= 0.6 is 0 Å². The molecule has 1 saturated heterocycles. The fourth-order valence-corrected chi connectivity index (χ4v) is 4.69. The molecule has 4 nitrogen and oxygen atoms in total. The second-order valence-corrected chi connectivity index (χ2v) is 8.26. The van der Waals surface area contributed by atoms with Crippen molar-refractivity contribution in [3.63, 3.8) is 0 Å². The van der Waals surface area contributed by atoms with Gasteiger partial charge in [-0.05, 0) is 42.0 Å². The molecule has 0 radical (unpaired) electrons. The van der Waals surface area contributed by atoms with Crippen LogP contribution in [0.4, 0.5) is 0 Å². The van der Waals surface area contributed by atoms with Crippen LogP contribution in [0.2, 0.25) is 0 Å². The fourth-order valence-electron chi connectivity index (χ4n) is 3.15. The van der Waals surface area contributed by atoms with E-state index in [-0.39, 0.29) is 11.7 Å². The second kappa shape index (κ2) is 7.36. The Morgan fingerprint density at radius 3 is 2.46 bits per heavy atom. The van der Waals surface area contributed by atoms with Gasteiger partial charge in [0.15, 0.2) is 0 Å². The van der Waals surface area contributed by atoms with Gasteiger partial charge in [0, 0.05) is 13.1 Å². The van der Waals surface area contributed by atoms with Gasteiger partial charge in [-0.1, -0.05) is 42.5 Å². The number of benzene rings is 2. The molecule has 1 aliphatic rings. The Balaban J connectivity index is 1.61. The van der Waals surface area contributed by atoms with E-state index < -0.39 is 10.0 Å². The van der Waals surface area contributed by atoms with Crippen molar-refractivity contribution in [3.8, 4) is 5.75 Å². The van der Waals surface area contributed by atoms with Crippen LogP contribution in [0.5, 0.6) is 5.75 Å². The molecule has 3 rings (SSSR count). The zero-order valence-corrected chi connectivity index (χ0v) is 14.7. The van der Waals surface area contributed by atoms with Crippen LogP contribution < -0.4 is 4.74 Å². The minimum Gasteiger partial charge on any atom is -0.497 e. The van der Waals surface area contributed by atoms with Crippen molar-refractivity contribution in [3.05, 3.63) is 65.7 Å². The average Bonchev–Trinajstić information content (AvgIpc) is 3.12. The molecule has 2 aromatic carbocycles. The summed E-state index contributed by atoms with van der Waals surface area (Å²) in [5.41, 5.74) is 2.24. The zero-order chi connectivity index (χ0) is 17.0. The summed E-state index contributed by atoms with van der Waals surface area (Å²) in [6.07, 6.45) is 1.43. The Bertz CT molecular complexity index is 757. The minimum absolute atomic E-state index is 0.173. The molecule has 0 bridgehead atoms. The normalized spacial score (nSPS) is 18.6. The molecule has 0 N–H and O–H groups in total. The van der Waals surface area contributed by atoms with E-state index in [9.17, 15) is 8.42 Å². The van der Waals surface area contributed by atoms with E-state index in [2.05, 4.69) is 0 Å². The highest BCUT2D eigenvalue weighted by Gasteiger charge is 2.31. The average molecular weight is 345 g/mol. The van der Waals surface area contributed by atoms with Gasteiger partial charge in [0.05, 0.1) is 12.9 Å². The molecule has 5 heteroatoms. The first-order chi connectivity index (χ1) is 11.6. The van der Waals surface area contributed by atoms with Gasteiger partial charge in [-0.15, -0.1) is 0 Å². The van der Waals surface area contributed by atoms with Gasteiger partial charge in [-0.2, -0.15) is 0 Å². The number of methoxy groups -OCH3 is 1. The van der Waals surface area contributed by atoms with Gasteiger partial charge in [-0.25, -0.2) is 12.7 Å². The Morgan fingerprint density at radius 2 is 1.79 bits per heavy atom. The first-order valence-corrected chi connectivity index (χ1v) is 9.85. The Labute approximate surface area is 144 Å². The summed E-state index contributed by atoms with van der Waals surface area (Å²) in [6, 6.07) is 17.7. The molecule has 0 aliphatic carbocycles. The number of sulfonamides is 1. The van der Waals surface area contributed by atoms with Gasteiger partial charge >= 0.3 is 0 Å². The maximum absolute atomic E-state index is 12.6. The first kappa shape index (κ1) is 17.0. The summed E-state index contributed by atoms with van der Waals surface area (Å²) in [4.78, 5) is 0. The fraction of sp³-hybridized carbons (Fsp3) is 0.368. The van der Waals surface area contributed by atoms with Crippen molar-refractivity contribution in [2.45, 2.75) is 18.8 Å². The lowest BCUT2D eigenvalue weighted by Crippen LogP contribution is -2.31. The molecule has 1 heterocycles. The van der Waals surface area contributed by atoms with Crippen LogP contribution in [0.15, 0.2) is 54.6 Å². The van der Waals surface area contributed by atoms with Crippen molar-refractivity contribution in [1.29, 1.82) is 0 Å². The molecule has 0 saturated carbocycles. The van der Waals surface area contributed by atoms with Crippen molar-refractivity contribution in [2.75, 3.05) is 26.0 Å². The Morgan fingerprint density at radius 1 is 1.08 bits per heavy atom. The van der Waals surface area contributed by atoms with E-state index in [1.54, 1.807) is 11.4 Å². The van der Waals surface area contributed by atoms with Gasteiger partial charge in [0.1, 0.15) is 5.75 Å². The second-order valence-electron chi connectivity index (χ2n) is 6.17. The summed E-state index contributed by atoms with van der Waals surface area (Å²) in [7, 11) is -1.56. The maximum atomic E-state index is 12.6. The van der Waals surface area contributed by atoms with Crippen molar-refractivity contribution in [1.82, 2.24) is 4.31 Å². The number of ether oxygens (including phenoxy) is 1. The monoisotopic (exact) mass is 345 g/mol. The smallest absolute Gasteiger partial charge is 0.214 e. The Kier molecular flexibility index (Phi) is 5.21. The van der Waals surface area contributed by atoms with E-state index in [0.29, 0.717) is 19.5 Å². The minimum atomic E-state index is -3.20. The molecular weight excluding hydrogens is 322 g/mol. The number of nitrogens with zero attached hydrogens (tertiary/aromatic N) is 1. The van der Waals surface area contributed by atoms with Crippen molar-refractivity contribution in [2.24, 2.45) is 0 Å². The molecule has 128 valence electrons. The van der Waals surface area contributed by atoms with E-state index >= 15 is 0 Å². The molecule has 24 heavy (non-hydrogen) atoms. The molecule has 1 unspecified atom stereocenters. The van der Waals surface area contributed by atoms with Crippen molar-refractivity contribution >= 4 is 10.0 Å². The van der Waals surface area contributed by atoms with Crippen LogP contribution in [-0.4, -0.2) is 38.7 Å². The third kappa shape index (κ3) is 3.97. The highest BCUT2D eigenvalue weighted by Crippen LogP contribution is 2.30. The molecule has 1 atom stereocenters. The summed E-state index contributed by atoms with van der Waals surface area (Å²) < 4.78 is 32.0. The molecule has 2 aromatic rings. The van der Waals surface area contributed by atoms with Gasteiger partial charge in [0.25, 0.3) is 0 Å². The van der Waals surface area contributed by atoms with Gasteiger partial charge in [0.2, 0.25) is 10.0 Å². The van der Waals surface area contributed by atoms with Crippen LogP contribution in [-0.2, 0) is 16.4 Å². The molecule has 1 aliphatic heterocycles. The van der Waals surface area contributed by atoms with Gasteiger partial charge < -0.3 is 4.74 Å². The van der Waals surface area contributed by atoms with Crippen molar-refractivity contribution < 1.29 is 13.2 Å². The number of rotatable bonds is 6. The highest BCUT2D eigenvalue weighted by atomic mass is 32.2. The summed E-state index contributed by atoms with van der Waals surface area (Å²) in [5.74, 6) is 1.26. The van der Waals surface area contributed by atoms with E-state index in [4.69, 9.17) is 4.74 Å². The lowest BCUT2D eigenvalue weighted by Gasteiger charge is -2.17. The number of hydrogen-bond donors (Lipinski definition) is 0. The lowest BCUT2D eigenvalue weighted by molar-refractivity contribution is 0.414. The molecular formula is C19H23NO3S. The Hall–Kier alpha value is -1.85. The third-order valence-corrected chi connectivity index (χ3v) is 6.46. The van der Waals surface area contributed by atoms with Crippen LogP contribution in [0, 0.1) is 0 Å². The highest BCUT2D eigenvalue weighted by molar-refractivity contribution is 7.89. The van der Waals surface area contributed by atoms with Crippen LogP contribution in [0.3, 0.4) is 0 Å². The molecule has 0 aromatic heterocycles. The topological polar surface area (TPSA) is 46.6 Å². The molecule has 0 spiro atoms. The predicted octanol–water partition coefficient (Wildman–Crippen LogP) is 3.06. The molecule has 1 fully saturated rings. The van der Waals surface area contributed by atoms with E-state index in [1.165, 1.54) is 5.56 Å². The third-order valence-electron chi connectivity index (χ3n) is 4.62. The first-order valence-electron chi connectivity index (χ1n) is 8.24. The zero-order valence-electron chi connectivity index (χ0n) is 13.9. The largest absolute Gasteiger partial charge is 0.497 e. The summed E-state index contributed by atoms with van der Waals surface area (Å²) in [6.45, 7) is 1.18. The predicted molar refractivity (Wildman–Crippen MR) is 95.9 cm³/mol. The summed E-state index contributed by atoms with van der Waals surface area (Å²) in [5, 5.41) is 0. The van der Waals surface area contributed by atoms with Crippen LogP contribution in [0.25, 0.3) is 0 Å². The standard InChI is InChI=1S/C19H23NO3S/c1-23-19-9-7-17(8-10-19)18-11-13-20(15-18)24(21,22)14-12-16-5-3-2-4-6-16/h2-10,18H,11-15H2,1H3. The SMILES string of the molecule is COc1ccc(C2CCN(S(=O)(=O)CCc3ccccc3)C2)cc1. The maximum Gasteiger partial charge on any atom is 0.214 e. The summed E-state index contributed by atoms with van der Waals surface area (Å²) >= 11 is 0. The number of hydrogen-bond acceptors (Lipinski definition) is 3. The quantitative estimate of drug-likeness (QED) is 0.808. The molecule has 0 amide bonds. The lowest BCUT2D eigenvalue weighted by atomic mass is 9.99. The van der Waals surface area contributed by atoms with Crippen LogP contribution in [0.1, 0.15) is 23.5 Å². The van der Waals surface area contributed by atoms with E-state index in [0.717, 1.165) is 17.7 Å².